The molecule has 1 saturated heterocycles. The molecule has 0 aromatic rings. The highest BCUT2D eigenvalue weighted by atomic mass is 16.8. The first-order valence-corrected chi connectivity index (χ1v) is 5.01. The molecule has 3 fully saturated rings. The number of rotatable bonds is 0. The fourth-order valence-corrected chi connectivity index (χ4v) is 3.20. The highest BCUT2D eigenvalue weighted by Gasteiger charge is 2.56. The van der Waals surface area contributed by atoms with E-state index in [1.165, 1.54) is 19.3 Å². The Kier molecular flexibility index (Phi) is 1.25. The zero-order valence-electron chi connectivity index (χ0n) is 7.75. The van der Waals surface area contributed by atoms with Gasteiger partial charge in [0.15, 0.2) is 5.79 Å². The van der Waals surface area contributed by atoms with Gasteiger partial charge in [0.2, 0.25) is 0 Å². The van der Waals surface area contributed by atoms with E-state index in [0.717, 1.165) is 11.8 Å². The number of ether oxygens (including phenoxy) is 2. The molecular weight excluding hydrogens is 152 g/mol. The van der Waals surface area contributed by atoms with Crippen molar-refractivity contribution in [3.05, 3.63) is 0 Å². The maximum Gasteiger partial charge on any atom is 0.163 e. The van der Waals surface area contributed by atoms with Gasteiger partial charge in [-0.1, -0.05) is 0 Å². The largest absolute Gasteiger partial charge is 0.344 e. The van der Waals surface area contributed by atoms with Gasteiger partial charge in [0.05, 0.1) is 12.2 Å². The van der Waals surface area contributed by atoms with E-state index in [9.17, 15) is 0 Å². The van der Waals surface area contributed by atoms with Gasteiger partial charge in [0, 0.05) is 0 Å². The number of hydrogen-bond acceptors (Lipinski definition) is 2. The Bertz CT molecular complexity index is 192. The third-order valence-corrected chi connectivity index (χ3v) is 3.61. The lowest BCUT2D eigenvalue weighted by Crippen LogP contribution is -2.28. The fraction of sp³-hybridized carbons (Fsp3) is 1.00. The molecule has 3 aliphatic rings. The Hall–Kier alpha value is -0.0800. The molecule has 4 unspecified atom stereocenters. The van der Waals surface area contributed by atoms with Crippen LogP contribution in [-0.2, 0) is 9.47 Å². The molecule has 0 aromatic carbocycles. The molecule has 2 aliphatic carbocycles. The molecule has 0 radical (unpaired) electrons. The van der Waals surface area contributed by atoms with Crippen LogP contribution in [-0.4, -0.2) is 18.0 Å². The van der Waals surface area contributed by atoms with E-state index >= 15 is 0 Å². The van der Waals surface area contributed by atoms with Gasteiger partial charge in [0.25, 0.3) is 0 Å². The molecule has 0 aromatic heterocycles. The van der Waals surface area contributed by atoms with Gasteiger partial charge in [0.1, 0.15) is 0 Å². The fourth-order valence-electron chi connectivity index (χ4n) is 3.20. The van der Waals surface area contributed by atoms with E-state index in [1.807, 2.05) is 13.8 Å². The predicted molar refractivity (Wildman–Crippen MR) is 44.7 cm³/mol. The Morgan fingerprint density at radius 3 is 2.00 bits per heavy atom. The molecule has 68 valence electrons. The smallest absolute Gasteiger partial charge is 0.163 e. The molecule has 1 aliphatic heterocycles. The van der Waals surface area contributed by atoms with E-state index in [4.69, 9.17) is 9.47 Å². The van der Waals surface area contributed by atoms with Gasteiger partial charge in [-0.2, -0.15) is 0 Å². The second kappa shape index (κ2) is 2.05. The quantitative estimate of drug-likeness (QED) is 0.550. The summed E-state index contributed by atoms with van der Waals surface area (Å²) in [6.45, 7) is 4.07. The van der Waals surface area contributed by atoms with Gasteiger partial charge in [-0.3, -0.25) is 0 Å². The summed E-state index contributed by atoms with van der Waals surface area (Å²) in [5.41, 5.74) is 0. The molecule has 0 N–H and O–H groups in total. The highest BCUT2D eigenvalue weighted by molar-refractivity contribution is 5.02. The topological polar surface area (TPSA) is 18.5 Å². The first-order valence-electron chi connectivity index (χ1n) is 5.01. The van der Waals surface area contributed by atoms with Crippen LogP contribution in [0.15, 0.2) is 0 Å². The average molecular weight is 168 g/mol. The molecule has 0 spiro atoms. The number of hydrogen-bond donors (Lipinski definition) is 0. The third kappa shape index (κ3) is 0.826. The Balaban J connectivity index is 1.87. The van der Waals surface area contributed by atoms with Crippen molar-refractivity contribution >= 4 is 0 Å². The van der Waals surface area contributed by atoms with Crippen LogP contribution in [0.5, 0.6) is 0 Å². The van der Waals surface area contributed by atoms with Crippen molar-refractivity contribution < 1.29 is 9.47 Å². The zero-order valence-corrected chi connectivity index (χ0v) is 7.75. The minimum Gasteiger partial charge on any atom is -0.344 e. The van der Waals surface area contributed by atoms with Crippen LogP contribution >= 0.6 is 0 Å². The standard InChI is InChI=1S/C10H16O2/c1-10(2)11-8-6-3-4-7(5-6)9(8)12-10/h6-9H,3-5H2,1-2H3. The molecular formula is C10H16O2. The minimum atomic E-state index is -0.309. The minimum absolute atomic E-state index is 0.309. The van der Waals surface area contributed by atoms with Crippen LogP contribution in [0.25, 0.3) is 0 Å². The Morgan fingerprint density at radius 2 is 1.50 bits per heavy atom. The molecule has 3 rings (SSSR count). The monoisotopic (exact) mass is 168 g/mol. The lowest BCUT2D eigenvalue weighted by molar-refractivity contribution is -0.157. The average Bonchev–Trinajstić information content (AvgIpc) is 2.54. The van der Waals surface area contributed by atoms with Crippen molar-refractivity contribution in [2.75, 3.05) is 0 Å². The third-order valence-electron chi connectivity index (χ3n) is 3.61. The maximum atomic E-state index is 5.88. The van der Waals surface area contributed by atoms with Crippen LogP contribution in [0.4, 0.5) is 0 Å². The summed E-state index contributed by atoms with van der Waals surface area (Å²) in [7, 11) is 0. The van der Waals surface area contributed by atoms with Crippen molar-refractivity contribution in [2.24, 2.45) is 11.8 Å². The van der Waals surface area contributed by atoms with E-state index in [2.05, 4.69) is 0 Å². The van der Waals surface area contributed by atoms with Crippen molar-refractivity contribution in [1.29, 1.82) is 0 Å². The SMILES string of the molecule is CC1(C)OC2C3CCC(C3)C2O1. The van der Waals surface area contributed by atoms with Crippen LogP contribution in [0.2, 0.25) is 0 Å². The summed E-state index contributed by atoms with van der Waals surface area (Å²) in [5.74, 6) is 1.31. The summed E-state index contributed by atoms with van der Waals surface area (Å²) < 4.78 is 11.8. The van der Waals surface area contributed by atoms with Gasteiger partial charge >= 0.3 is 0 Å². The molecule has 0 amide bonds. The van der Waals surface area contributed by atoms with E-state index in [1.54, 1.807) is 0 Å². The van der Waals surface area contributed by atoms with Gasteiger partial charge < -0.3 is 9.47 Å². The summed E-state index contributed by atoms with van der Waals surface area (Å²) in [6, 6.07) is 0. The van der Waals surface area contributed by atoms with E-state index < -0.39 is 0 Å². The second-order valence-corrected chi connectivity index (χ2v) is 4.90. The Labute approximate surface area is 73.2 Å². The molecule has 2 bridgehead atoms. The zero-order chi connectivity index (χ0) is 8.34. The summed E-state index contributed by atoms with van der Waals surface area (Å²) in [6.07, 6.45) is 4.94. The molecule has 12 heavy (non-hydrogen) atoms. The van der Waals surface area contributed by atoms with Crippen molar-refractivity contribution in [3.8, 4) is 0 Å². The van der Waals surface area contributed by atoms with Crippen LogP contribution in [0.1, 0.15) is 33.1 Å². The molecule has 1 heterocycles. The lowest BCUT2D eigenvalue weighted by atomic mass is 9.95. The second-order valence-electron chi connectivity index (χ2n) is 4.90. The molecule has 4 atom stereocenters. The summed E-state index contributed by atoms with van der Waals surface area (Å²) in [4.78, 5) is 0. The summed E-state index contributed by atoms with van der Waals surface area (Å²) >= 11 is 0. The normalized spacial score (nSPS) is 54.5. The van der Waals surface area contributed by atoms with E-state index in [0.29, 0.717) is 12.2 Å². The van der Waals surface area contributed by atoms with Crippen molar-refractivity contribution in [3.63, 3.8) is 0 Å². The van der Waals surface area contributed by atoms with Gasteiger partial charge in [-0.15, -0.1) is 0 Å². The molecule has 2 nitrogen and oxygen atoms in total. The highest BCUT2D eigenvalue weighted by Crippen LogP contribution is 2.52. The number of fused-ring (bicyclic) bond motifs is 5. The lowest BCUT2D eigenvalue weighted by Gasteiger charge is -2.20. The molecule has 2 saturated carbocycles. The Morgan fingerprint density at radius 1 is 1.00 bits per heavy atom. The van der Waals surface area contributed by atoms with Gasteiger partial charge in [-0.25, -0.2) is 0 Å². The first-order chi connectivity index (χ1) is 5.66. The van der Waals surface area contributed by atoms with Crippen LogP contribution in [0.3, 0.4) is 0 Å². The molecule has 2 heteroatoms. The van der Waals surface area contributed by atoms with Crippen LogP contribution in [0, 0.1) is 11.8 Å². The van der Waals surface area contributed by atoms with Crippen LogP contribution < -0.4 is 0 Å². The summed E-state index contributed by atoms with van der Waals surface area (Å²) in [5, 5.41) is 0. The van der Waals surface area contributed by atoms with Gasteiger partial charge in [-0.05, 0) is 44.9 Å². The predicted octanol–water partition coefficient (Wildman–Crippen LogP) is 1.94. The maximum absolute atomic E-state index is 5.88. The first kappa shape index (κ1) is 7.34. The van der Waals surface area contributed by atoms with Crippen molar-refractivity contribution in [2.45, 2.75) is 51.1 Å². The van der Waals surface area contributed by atoms with E-state index in [-0.39, 0.29) is 5.79 Å². The van der Waals surface area contributed by atoms with Crippen molar-refractivity contribution in [1.82, 2.24) is 0 Å².